The normalized spacial score (nSPS) is 15.5. The third-order valence-corrected chi connectivity index (χ3v) is 8.32. The van der Waals surface area contributed by atoms with Gasteiger partial charge in [-0.3, -0.25) is 14.4 Å². The average Bonchev–Trinajstić information content (AvgIpc) is 3.84. The van der Waals surface area contributed by atoms with Gasteiger partial charge in [0, 0.05) is 23.4 Å². The van der Waals surface area contributed by atoms with E-state index in [9.17, 15) is 27.9 Å². The number of pyridine rings is 1. The van der Waals surface area contributed by atoms with Crippen molar-refractivity contribution in [3.05, 3.63) is 120 Å². The highest BCUT2D eigenvalue weighted by Crippen LogP contribution is 2.29. The van der Waals surface area contributed by atoms with E-state index in [1.54, 1.807) is 54.6 Å². The number of ether oxygens (including phenoxy) is 1. The van der Waals surface area contributed by atoms with Crippen LogP contribution in [0.4, 0.5) is 5.69 Å². The summed E-state index contributed by atoms with van der Waals surface area (Å²) in [6, 6.07) is 25.1. The molecule has 0 aliphatic carbocycles. The number of aromatic amines is 1. The minimum atomic E-state index is -4.09. The third-order valence-electron chi connectivity index (χ3n) is 7.82. The molecular weight excluding hydrogens is 680 g/mol. The summed E-state index contributed by atoms with van der Waals surface area (Å²) in [7, 11) is -4.09. The van der Waals surface area contributed by atoms with Crippen molar-refractivity contribution in [2.24, 2.45) is 0 Å². The highest BCUT2D eigenvalue weighted by atomic mass is 32.2. The Balaban J connectivity index is 1.27. The lowest BCUT2D eigenvalue weighted by Crippen LogP contribution is -2.50. The summed E-state index contributed by atoms with van der Waals surface area (Å²) in [5.41, 5.74) is 1.69. The van der Waals surface area contributed by atoms with Crippen molar-refractivity contribution in [2.45, 2.75) is 24.6 Å². The van der Waals surface area contributed by atoms with E-state index in [1.807, 2.05) is 30.3 Å². The molecule has 3 amide bonds. The van der Waals surface area contributed by atoms with E-state index in [2.05, 4.69) is 36.2 Å². The van der Waals surface area contributed by atoms with E-state index in [0.717, 1.165) is 24.0 Å². The molecule has 0 bridgehead atoms. The van der Waals surface area contributed by atoms with E-state index in [4.69, 9.17) is 8.92 Å². The first kappa shape index (κ1) is 34.8. The molecule has 262 valence electrons. The van der Waals surface area contributed by atoms with Gasteiger partial charge in [-0.15, -0.1) is 10.2 Å². The smallest absolute Gasteiger partial charge is 0.306 e. The first-order chi connectivity index (χ1) is 24.5. The number of amides is 3. The van der Waals surface area contributed by atoms with Crippen LogP contribution in [0.1, 0.15) is 38.1 Å². The highest BCUT2D eigenvalue weighted by molar-refractivity contribution is 7.86. The van der Waals surface area contributed by atoms with Crippen molar-refractivity contribution in [1.29, 1.82) is 0 Å². The van der Waals surface area contributed by atoms with Gasteiger partial charge < -0.3 is 29.6 Å². The largest absolute Gasteiger partial charge is 0.382 e. The van der Waals surface area contributed by atoms with Crippen molar-refractivity contribution in [1.82, 2.24) is 35.8 Å². The summed E-state index contributed by atoms with van der Waals surface area (Å²) < 4.78 is 34.8. The molecule has 0 spiro atoms. The quantitative estimate of drug-likeness (QED) is 0.137. The second-order valence-corrected chi connectivity index (χ2v) is 13.2. The number of carbonyl (C=O) groups is 3. The summed E-state index contributed by atoms with van der Waals surface area (Å²) in [5.74, 6) is -2.43. The molecule has 2 unspecified atom stereocenters. The van der Waals surface area contributed by atoms with Gasteiger partial charge in [0.25, 0.3) is 17.7 Å². The van der Waals surface area contributed by atoms with E-state index in [0.29, 0.717) is 22.6 Å². The van der Waals surface area contributed by atoms with Crippen molar-refractivity contribution in [3.8, 4) is 17.1 Å². The van der Waals surface area contributed by atoms with Gasteiger partial charge in [0.2, 0.25) is 5.82 Å². The van der Waals surface area contributed by atoms with Gasteiger partial charge in [-0.25, -0.2) is 4.98 Å². The number of rotatable bonds is 12. The molecule has 2 aromatic heterocycles. The Morgan fingerprint density at radius 1 is 1.00 bits per heavy atom. The molecule has 5 aromatic rings. The summed E-state index contributed by atoms with van der Waals surface area (Å²) in [6.07, 6.45) is -0.955. The maximum absolute atomic E-state index is 13.8. The third kappa shape index (κ3) is 8.77. The predicted octanol–water partition coefficient (Wildman–Crippen LogP) is 2.11. The van der Waals surface area contributed by atoms with E-state index in [1.165, 1.54) is 4.90 Å². The molecule has 1 saturated heterocycles. The van der Waals surface area contributed by atoms with Crippen molar-refractivity contribution in [2.75, 3.05) is 24.9 Å². The molecule has 3 heterocycles. The van der Waals surface area contributed by atoms with Crippen LogP contribution in [-0.4, -0.2) is 93.5 Å². The lowest BCUT2D eigenvalue weighted by atomic mass is 10.00. The molecule has 3 aromatic carbocycles. The number of hydrogen-bond donors (Lipinski definition) is 4. The van der Waals surface area contributed by atoms with Crippen LogP contribution in [0.2, 0.25) is 0 Å². The lowest BCUT2D eigenvalue weighted by Gasteiger charge is -2.24. The summed E-state index contributed by atoms with van der Waals surface area (Å²) in [6.45, 7) is 0.141. The number of anilines is 1. The molecule has 1 aliphatic rings. The van der Waals surface area contributed by atoms with Crippen LogP contribution in [0.3, 0.4) is 0 Å². The van der Waals surface area contributed by atoms with Crippen LogP contribution in [0, 0.1) is 0 Å². The molecule has 16 nitrogen and oxygen atoms in total. The standard InChI is InChI=1S/C34H32N8O8S/c1-51(47,48)50-25-17-27(36-28(18-25)34(46)42-20-49-19-29(42)22-11-6-3-7-12-22)32(44)37-26(15-21-9-4-2-5-10-21)30(43)33(45)35-24-14-8-13-23(16-24)31-38-40-41-39-31/h2-14,16-18,26,29-30,43H,15,19-20H2,1H3,(H,35,45)(H,37,44)(H,38,39,40,41)/t26?,29?,30-/m0/s1. The number of nitrogens with zero attached hydrogens (tertiary/aromatic N) is 5. The summed E-state index contributed by atoms with van der Waals surface area (Å²) in [5, 5.41) is 30.3. The van der Waals surface area contributed by atoms with Gasteiger partial charge in [-0.2, -0.15) is 13.6 Å². The Labute approximate surface area is 291 Å². The second-order valence-electron chi connectivity index (χ2n) is 11.6. The Bertz CT molecular complexity index is 2120. The number of tetrazole rings is 1. The number of benzene rings is 3. The maximum Gasteiger partial charge on any atom is 0.306 e. The Morgan fingerprint density at radius 3 is 2.43 bits per heavy atom. The molecule has 4 N–H and O–H groups in total. The Morgan fingerprint density at radius 2 is 1.73 bits per heavy atom. The molecule has 1 aliphatic heterocycles. The molecule has 0 radical (unpaired) electrons. The minimum Gasteiger partial charge on any atom is -0.382 e. The molecule has 17 heteroatoms. The monoisotopic (exact) mass is 712 g/mol. The van der Waals surface area contributed by atoms with Crippen molar-refractivity contribution >= 4 is 33.5 Å². The molecular formula is C34H32N8O8S. The van der Waals surface area contributed by atoms with Gasteiger partial charge in [-0.05, 0) is 34.9 Å². The van der Waals surface area contributed by atoms with Crippen LogP contribution >= 0.6 is 0 Å². The van der Waals surface area contributed by atoms with Crippen LogP contribution in [-0.2, 0) is 26.1 Å². The van der Waals surface area contributed by atoms with Gasteiger partial charge in [0.1, 0.15) is 23.9 Å². The summed E-state index contributed by atoms with van der Waals surface area (Å²) >= 11 is 0. The number of nitrogens with one attached hydrogen (secondary N) is 3. The number of aliphatic hydroxyl groups is 1. The van der Waals surface area contributed by atoms with Crippen LogP contribution in [0.5, 0.6) is 5.75 Å². The van der Waals surface area contributed by atoms with E-state index < -0.39 is 51.7 Å². The van der Waals surface area contributed by atoms with Crippen molar-refractivity contribution < 1.29 is 36.8 Å². The van der Waals surface area contributed by atoms with Crippen LogP contribution < -0.4 is 14.8 Å². The zero-order valence-corrected chi connectivity index (χ0v) is 27.9. The predicted molar refractivity (Wildman–Crippen MR) is 182 cm³/mol. The number of aliphatic hydroxyl groups excluding tert-OH is 1. The van der Waals surface area contributed by atoms with Gasteiger partial charge in [-0.1, -0.05) is 72.8 Å². The topological polar surface area (TPSA) is 219 Å². The number of H-pyrrole nitrogens is 1. The van der Waals surface area contributed by atoms with E-state index >= 15 is 0 Å². The minimum absolute atomic E-state index is 0.0132. The zero-order valence-electron chi connectivity index (χ0n) is 27.0. The molecule has 3 atom stereocenters. The molecule has 0 saturated carbocycles. The fourth-order valence-electron chi connectivity index (χ4n) is 5.47. The fraction of sp³-hybridized carbons (Fsp3) is 0.206. The van der Waals surface area contributed by atoms with E-state index in [-0.39, 0.29) is 31.2 Å². The number of aromatic nitrogens is 5. The lowest BCUT2D eigenvalue weighted by molar-refractivity contribution is -0.125. The Kier molecular flexibility index (Phi) is 10.4. The first-order valence-corrected chi connectivity index (χ1v) is 17.4. The second kappa shape index (κ2) is 15.2. The molecule has 51 heavy (non-hydrogen) atoms. The zero-order chi connectivity index (χ0) is 36.0. The molecule has 6 rings (SSSR count). The average molecular weight is 713 g/mol. The van der Waals surface area contributed by atoms with Crippen LogP contribution in [0.15, 0.2) is 97.1 Å². The summed E-state index contributed by atoms with van der Waals surface area (Å²) in [4.78, 5) is 46.7. The van der Waals surface area contributed by atoms with Crippen LogP contribution in [0.25, 0.3) is 11.4 Å². The SMILES string of the molecule is CS(=O)(=O)Oc1cc(C(=O)NC(Cc2ccccc2)[C@H](O)C(=O)Nc2cccc(-c3nn[nH]n3)c2)nc(C(=O)N2COCC2c2ccccc2)c1. The highest BCUT2D eigenvalue weighted by Gasteiger charge is 2.34. The first-order valence-electron chi connectivity index (χ1n) is 15.6. The fourth-order valence-corrected chi connectivity index (χ4v) is 5.91. The number of carbonyl (C=O) groups excluding carboxylic acids is 3. The number of hydrogen-bond acceptors (Lipinski definition) is 12. The van der Waals surface area contributed by atoms with Gasteiger partial charge >= 0.3 is 10.1 Å². The Hall–Kier alpha value is -6.04. The van der Waals surface area contributed by atoms with Gasteiger partial charge in [0.05, 0.1) is 24.9 Å². The maximum atomic E-state index is 13.8. The van der Waals surface area contributed by atoms with Crippen molar-refractivity contribution in [3.63, 3.8) is 0 Å². The molecule has 1 fully saturated rings. The van der Waals surface area contributed by atoms with Gasteiger partial charge in [0.15, 0.2) is 6.10 Å².